The summed E-state index contributed by atoms with van der Waals surface area (Å²) >= 11 is 3.44. The van der Waals surface area contributed by atoms with Gasteiger partial charge in [-0.05, 0) is 36.5 Å². The zero-order chi connectivity index (χ0) is 9.26. The van der Waals surface area contributed by atoms with Crippen molar-refractivity contribution in [3.8, 4) is 0 Å². The van der Waals surface area contributed by atoms with Gasteiger partial charge < -0.3 is 4.79 Å². The van der Waals surface area contributed by atoms with Crippen molar-refractivity contribution in [1.29, 1.82) is 0 Å². The molecule has 13 heavy (non-hydrogen) atoms. The minimum Gasteiger partial charge on any atom is -0.303 e. The Morgan fingerprint density at radius 1 is 1.38 bits per heavy atom. The van der Waals surface area contributed by atoms with Crippen LogP contribution in [0.4, 0.5) is 0 Å². The van der Waals surface area contributed by atoms with Gasteiger partial charge in [0.25, 0.3) is 0 Å². The van der Waals surface area contributed by atoms with E-state index in [4.69, 9.17) is 0 Å². The predicted molar refractivity (Wildman–Crippen MR) is 55.7 cm³/mol. The van der Waals surface area contributed by atoms with Gasteiger partial charge >= 0.3 is 0 Å². The first kappa shape index (κ1) is 8.95. The highest BCUT2D eigenvalue weighted by molar-refractivity contribution is 9.10. The molecular formula is C11H11BrO. The average molecular weight is 239 g/mol. The van der Waals surface area contributed by atoms with E-state index >= 15 is 0 Å². The third kappa shape index (κ3) is 1.68. The maximum absolute atomic E-state index is 10.6. The van der Waals surface area contributed by atoms with Gasteiger partial charge in [0.05, 0.1) is 0 Å². The molecule has 2 unspecified atom stereocenters. The summed E-state index contributed by atoms with van der Waals surface area (Å²) in [5, 5.41) is 0. The Labute approximate surface area is 86.3 Å². The third-order valence-electron chi connectivity index (χ3n) is 2.78. The summed E-state index contributed by atoms with van der Waals surface area (Å²) in [6.45, 7) is 0. The average Bonchev–Trinajstić information content (AvgIpc) is 2.03. The number of hydrogen-bond donors (Lipinski definition) is 0. The molecule has 0 N–H and O–H groups in total. The van der Waals surface area contributed by atoms with Gasteiger partial charge in [-0.1, -0.05) is 28.1 Å². The van der Waals surface area contributed by atoms with Gasteiger partial charge in [0.2, 0.25) is 0 Å². The molecule has 1 aromatic carbocycles. The van der Waals surface area contributed by atoms with E-state index in [0.717, 1.165) is 23.6 Å². The number of hydrogen-bond acceptors (Lipinski definition) is 1. The minimum absolute atomic E-state index is 0.259. The number of halogens is 1. The van der Waals surface area contributed by atoms with Gasteiger partial charge in [-0.3, -0.25) is 0 Å². The van der Waals surface area contributed by atoms with Crippen LogP contribution in [0.15, 0.2) is 28.7 Å². The Kier molecular flexibility index (Phi) is 2.49. The maximum atomic E-state index is 10.6. The van der Waals surface area contributed by atoms with E-state index in [1.54, 1.807) is 0 Å². The van der Waals surface area contributed by atoms with Crippen molar-refractivity contribution >= 4 is 22.2 Å². The van der Waals surface area contributed by atoms with Crippen LogP contribution in [0.25, 0.3) is 0 Å². The summed E-state index contributed by atoms with van der Waals surface area (Å²) in [7, 11) is 0. The van der Waals surface area contributed by atoms with E-state index in [2.05, 4.69) is 28.1 Å². The second kappa shape index (κ2) is 3.62. The highest BCUT2D eigenvalue weighted by atomic mass is 79.9. The number of carbonyl (C=O) groups is 1. The van der Waals surface area contributed by atoms with Crippen molar-refractivity contribution in [2.24, 2.45) is 5.92 Å². The van der Waals surface area contributed by atoms with E-state index in [9.17, 15) is 4.79 Å². The lowest BCUT2D eigenvalue weighted by Crippen LogP contribution is -2.24. The molecule has 0 spiro atoms. The Bertz CT molecular complexity index is 322. The highest BCUT2D eigenvalue weighted by Gasteiger charge is 2.31. The maximum Gasteiger partial charge on any atom is 0.123 e. The number of rotatable bonds is 2. The molecule has 1 nitrogen and oxygen atoms in total. The highest BCUT2D eigenvalue weighted by Crippen LogP contribution is 2.41. The van der Waals surface area contributed by atoms with Crippen molar-refractivity contribution in [1.82, 2.24) is 0 Å². The fourth-order valence-corrected chi connectivity index (χ4v) is 2.26. The minimum atomic E-state index is 0.259. The zero-order valence-electron chi connectivity index (χ0n) is 7.24. The number of benzene rings is 1. The summed E-state index contributed by atoms with van der Waals surface area (Å²) < 4.78 is 1.10. The van der Waals surface area contributed by atoms with Crippen molar-refractivity contribution in [2.45, 2.75) is 18.8 Å². The second-order valence-electron chi connectivity index (χ2n) is 3.54. The zero-order valence-corrected chi connectivity index (χ0v) is 8.83. The van der Waals surface area contributed by atoms with Crippen molar-refractivity contribution in [3.05, 3.63) is 34.3 Å². The number of aldehydes is 1. The van der Waals surface area contributed by atoms with Gasteiger partial charge in [0.1, 0.15) is 6.29 Å². The standard InChI is InChI=1S/C11H11BrO/c12-10-3-1-2-8(6-10)11-5-4-9(11)7-13/h1-3,6-7,9,11H,4-5H2. The van der Waals surface area contributed by atoms with Crippen molar-refractivity contribution in [3.63, 3.8) is 0 Å². The van der Waals surface area contributed by atoms with Crippen LogP contribution < -0.4 is 0 Å². The lowest BCUT2D eigenvalue weighted by molar-refractivity contribution is -0.113. The van der Waals surface area contributed by atoms with E-state index < -0.39 is 0 Å². The lowest BCUT2D eigenvalue weighted by atomic mass is 9.71. The summed E-state index contributed by atoms with van der Waals surface area (Å²) in [4.78, 5) is 10.6. The molecule has 0 heterocycles. The molecule has 1 fully saturated rings. The van der Waals surface area contributed by atoms with E-state index in [-0.39, 0.29) is 5.92 Å². The van der Waals surface area contributed by atoms with Crippen LogP contribution in [-0.2, 0) is 4.79 Å². The predicted octanol–water partition coefficient (Wildman–Crippen LogP) is 3.14. The normalized spacial score (nSPS) is 26.5. The molecule has 0 aliphatic heterocycles. The molecule has 0 radical (unpaired) electrons. The monoisotopic (exact) mass is 238 g/mol. The van der Waals surface area contributed by atoms with Crippen molar-refractivity contribution < 1.29 is 4.79 Å². The Balaban J connectivity index is 2.21. The van der Waals surface area contributed by atoms with Gasteiger partial charge in [-0.25, -0.2) is 0 Å². The molecule has 0 amide bonds. The molecule has 2 heteroatoms. The molecule has 2 rings (SSSR count). The molecular weight excluding hydrogens is 228 g/mol. The van der Waals surface area contributed by atoms with Gasteiger partial charge in [-0.2, -0.15) is 0 Å². The molecule has 0 aromatic heterocycles. The van der Waals surface area contributed by atoms with Gasteiger partial charge in [0, 0.05) is 10.4 Å². The summed E-state index contributed by atoms with van der Waals surface area (Å²) in [6, 6.07) is 8.25. The molecule has 0 bridgehead atoms. The van der Waals surface area contributed by atoms with E-state index in [1.807, 2.05) is 12.1 Å². The molecule has 1 aromatic rings. The van der Waals surface area contributed by atoms with Crippen LogP contribution in [0.5, 0.6) is 0 Å². The van der Waals surface area contributed by atoms with Crippen LogP contribution in [-0.4, -0.2) is 6.29 Å². The number of carbonyl (C=O) groups excluding carboxylic acids is 1. The van der Waals surface area contributed by atoms with Crippen LogP contribution in [0.3, 0.4) is 0 Å². The van der Waals surface area contributed by atoms with Gasteiger partial charge in [-0.15, -0.1) is 0 Å². The molecule has 1 saturated carbocycles. The Hall–Kier alpha value is -0.630. The fraction of sp³-hybridized carbons (Fsp3) is 0.364. The molecule has 68 valence electrons. The first-order chi connectivity index (χ1) is 6.31. The first-order valence-electron chi connectivity index (χ1n) is 4.52. The molecule has 0 saturated heterocycles. The molecule has 1 aliphatic rings. The second-order valence-corrected chi connectivity index (χ2v) is 4.45. The van der Waals surface area contributed by atoms with Crippen LogP contribution in [0.2, 0.25) is 0 Å². The Morgan fingerprint density at radius 2 is 2.23 bits per heavy atom. The smallest absolute Gasteiger partial charge is 0.123 e. The summed E-state index contributed by atoms with van der Waals surface area (Å²) in [6.07, 6.45) is 3.30. The topological polar surface area (TPSA) is 17.1 Å². The SMILES string of the molecule is O=CC1CCC1c1cccc(Br)c1. The van der Waals surface area contributed by atoms with Crippen LogP contribution in [0.1, 0.15) is 24.3 Å². The fourth-order valence-electron chi connectivity index (χ4n) is 1.84. The third-order valence-corrected chi connectivity index (χ3v) is 3.27. The first-order valence-corrected chi connectivity index (χ1v) is 5.31. The molecule has 1 aliphatic carbocycles. The summed E-state index contributed by atoms with van der Waals surface area (Å²) in [5.41, 5.74) is 1.29. The quantitative estimate of drug-likeness (QED) is 0.724. The largest absolute Gasteiger partial charge is 0.303 e. The molecule has 2 atom stereocenters. The van der Waals surface area contributed by atoms with Crippen molar-refractivity contribution in [2.75, 3.05) is 0 Å². The Morgan fingerprint density at radius 3 is 2.77 bits per heavy atom. The van der Waals surface area contributed by atoms with E-state index in [0.29, 0.717) is 5.92 Å². The van der Waals surface area contributed by atoms with Crippen LogP contribution in [0, 0.1) is 5.92 Å². The lowest BCUT2D eigenvalue weighted by Gasteiger charge is -2.32. The van der Waals surface area contributed by atoms with Crippen LogP contribution >= 0.6 is 15.9 Å². The van der Waals surface area contributed by atoms with E-state index in [1.165, 1.54) is 5.56 Å². The van der Waals surface area contributed by atoms with Gasteiger partial charge in [0.15, 0.2) is 0 Å². The summed E-state index contributed by atoms with van der Waals surface area (Å²) in [5.74, 6) is 0.726.